The van der Waals surface area contributed by atoms with Crippen LogP contribution in [0.1, 0.15) is 71.3 Å². The number of carboxylic acids is 1. The van der Waals surface area contributed by atoms with Crippen molar-refractivity contribution in [1.29, 1.82) is 0 Å². The number of rotatable bonds is 10. The first-order chi connectivity index (χ1) is 17.6. The number of nitrogens with zero attached hydrogens (tertiary/aromatic N) is 3. The van der Waals surface area contributed by atoms with Crippen LogP contribution < -0.4 is 4.74 Å². The highest BCUT2D eigenvalue weighted by atomic mass is 16.6. The summed E-state index contributed by atoms with van der Waals surface area (Å²) >= 11 is 0. The highest BCUT2D eigenvalue weighted by Crippen LogP contribution is 2.40. The van der Waals surface area contributed by atoms with Gasteiger partial charge < -0.3 is 9.84 Å². The summed E-state index contributed by atoms with van der Waals surface area (Å²) in [6, 6.07) is 11.6. The van der Waals surface area contributed by atoms with Crippen molar-refractivity contribution < 1.29 is 24.4 Å². The maximum absolute atomic E-state index is 13.4. The van der Waals surface area contributed by atoms with Gasteiger partial charge in [0.15, 0.2) is 5.60 Å². The van der Waals surface area contributed by atoms with Crippen LogP contribution in [0.3, 0.4) is 0 Å². The molecule has 9 nitrogen and oxygen atoms in total. The number of ether oxygens (including phenoxy) is 1. The van der Waals surface area contributed by atoms with E-state index < -0.39 is 22.0 Å². The zero-order valence-corrected chi connectivity index (χ0v) is 21.5. The number of amidine groups is 1. The number of hydrogen-bond acceptors (Lipinski definition) is 6. The SMILES string of the molecule is CCCCC1=NC2(CCCC2)C(=O)N1Cc1ccc(-c2cccc(OC(C)(C)C(=O)O)c2)c([N+](=O)[O-])c1. The third-order valence-electron chi connectivity index (χ3n) is 7.12. The van der Waals surface area contributed by atoms with Gasteiger partial charge >= 0.3 is 5.97 Å². The molecule has 4 rings (SSSR count). The highest BCUT2D eigenvalue weighted by Gasteiger charge is 2.49. The molecule has 0 saturated heterocycles. The van der Waals surface area contributed by atoms with Crippen LogP contribution in [0.25, 0.3) is 11.1 Å². The van der Waals surface area contributed by atoms with E-state index in [0.717, 1.165) is 44.4 Å². The molecule has 1 N–H and O–H groups in total. The average Bonchev–Trinajstić information content (AvgIpc) is 3.43. The normalized spacial score (nSPS) is 16.8. The van der Waals surface area contributed by atoms with Gasteiger partial charge in [-0.1, -0.05) is 44.4 Å². The molecule has 1 spiro atoms. The Labute approximate surface area is 216 Å². The lowest BCUT2D eigenvalue weighted by Crippen LogP contribution is -2.40. The first kappa shape index (κ1) is 26.3. The number of hydrogen-bond donors (Lipinski definition) is 1. The monoisotopic (exact) mass is 507 g/mol. The van der Waals surface area contributed by atoms with Crippen molar-refractivity contribution in [2.24, 2.45) is 4.99 Å². The van der Waals surface area contributed by atoms with Crippen molar-refractivity contribution in [3.8, 4) is 16.9 Å². The Balaban J connectivity index is 1.63. The number of carbonyl (C=O) groups is 2. The van der Waals surface area contributed by atoms with Crippen LogP contribution in [0.4, 0.5) is 5.69 Å². The van der Waals surface area contributed by atoms with E-state index in [1.807, 2.05) is 0 Å². The molecule has 37 heavy (non-hydrogen) atoms. The summed E-state index contributed by atoms with van der Waals surface area (Å²) in [5.74, 6) is -0.0318. The second kappa shape index (κ2) is 10.3. The molecule has 2 aliphatic rings. The van der Waals surface area contributed by atoms with Gasteiger partial charge in [0.2, 0.25) is 0 Å². The minimum Gasteiger partial charge on any atom is -0.478 e. The fourth-order valence-electron chi connectivity index (χ4n) is 5.02. The highest BCUT2D eigenvalue weighted by molar-refractivity contribution is 6.08. The van der Waals surface area contributed by atoms with Crippen molar-refractivity contribution in [3.05, 3.63) is 58.1 Å². The molecule has 0 atom stereocenters. The lowest BCUT2D eigenvalue weighted by atomic mass is 9.97. The molecule has 196 valence electrons. The molecule has 0 bridgehead atoms. The Bertz CT molecular complexity index is 1250. The van der Waals surface area contributed by atoms with Crippen LogP contribution in [0.15, 0.2) is 47.5 Å². The Morgan fingerprint density at radius 1 is 1.22 bits per heavy atom. The maximum Gasteiger partial charge on any atom is 0.347 e. The van der Waals surface area contributed by atoms with Gasteiger partial charge in [-0.05, 0) is 62.4 Å². The summed E-state index contributed by atoms with van der Waals surface area (Å²) in [6.07, 6.45) is 6.11. The number of aliphatic imine (C=N–C) groups is 1. The molecule has 1 saturated carbocycles. The molecule has 0 unspecified atom stereocenters. The number of carbonyl (C=O) groups excluding carboxylic acids is 1. The minimum absolute atomic E-state index is 0.00808. The largest absolute Gasteiger partial charge is 0.478 e. The van der Waals surface area contributed by atoms with E-state index in [2.05, 4.69) is 6.92 Å². The molecule has 0 aromatic heterocycles. The predicted molar refractivity (Wildman–Crippen MR) is 140 cm³/mol. The van der Waals surface area contributed by atoms with Crippen molar-refractivity contribution in [1.82, 2.24) is 4.90 Å². The van der Waals surface area contributed by atoms with E-state index in [9.17, 15) is 24.8 Å². The van der Waals surface area contributed by atoms with Crippen LogP contribution in [-0.2, 0) is 16.1 Å². The van der Waals surface area contributed by atoms with Crippen molar-refractivity contribution >= 4 is 23.4 Å². The zero-order chi connectivity index (χ0) is 26.8. The zero-order valence-electron chi connectivity index (χ0n) is 21.5. The van der Waals surface area contributed by atoms with Gasteiger partial charge in [-0.3, -0.25) is 24.8 Å². The average molecular weight is 508 g/mol. The molecule has 1 aliphatic carbocycles. The number of aliphatic carboxylic acids is 1. The Hall–Kier alpha value is -3.75. The maximum atomic E-state index is 13.4. The molecule has 1 aliphatic heterocycles. The minimum atomic E-state index is -1.45. The van der Waals surface area contributed by atoms with E-state index >= 15 is 0 Å². The van der Waals surface area contributed by atoms with Gasteiger partial charge in [0, 0.05) is 12.5 Å². The Morgan fingerprint density at radius 3 is 2.59 bits per heavy atom. The first-order valence-electron chi connectivity index (χ1n) is 12.8. The number of carboxylic acid groups (broad SMARTS) is 1. The number of nitro groups is 1. The van der Waals surface area contributed by atoms with Crippen molar-refractivity contribution in [2.75, 3.05) is 0 Å². The van der Waals surface area contributed by atoms with Crippen LogP contribution in [0.2, 0.25) is 0 Å². The number of nitro benzene ring substituents is 1. The predicted octanol–water partition coefficient (Wildman–Crippen LogP) is 5.75. The van der Waals surface area contributed by atoms with Crippen LogP contribution in [0.5, 0.6) is 5.75 Å². The molecule has 1 heterocycles. The van der Waals surface area contributed by atoms with Crippen molar-refractivity contribution in [2.45, 2.75) is 83.4 Å². The lowest BCUT2D eigenvalue weighted by Gasteiger charge is -2.23. The van der Waals surface area contributed by atoms with Crippen LogP contribution >= 0.6 is 0 Å². The molecule has 2 aromatic carbocycles. The van der Waals surface area contributed by atoms with Crippen LogP contribution in [-0.4, -0.2) is 43.8 Å². The fourth-order valence-corrected chi connectivity index (χ4v) is 5.02. The van der Waals surface area contributed by atoms with Crippen LogP contribution in [0, 0.1) is 10.1 Å². The number of unbranched alkanes of at least 4 members (excludes halogenated alkanes) is 1. The summed E-state index contributed by atoms with van der Waals surface area (Å²) in [5.41, 5.74) is -0.635. The molecule has 2 aromatic rings. The van der Waals surface area contributed by atoms with E-state index in [-0.39, 0.29) is 18.1 Å². The summed E-state index contributed by atoms with van der Waals surface area (Å²) < 4.78 is 5.61. The van der Waals surface area contributed by atoms with E-state index in [0.29, 0.717) is 28.9 Å². The van der Waals surface area contributed by atoms with Gasteiger partial charge in [0.05, 0.1) is 17.0 Å². The van der Waals surface area contributed by atoms with Gasteiger partial charge in [-0.25, -0.2) is 4.79 Å². The van der Waals surface area contributed by atoms with E-state index in [1.165, 1.54) is 19.9 Å². The van der Waals surface area contributed by atoms with Crippen molar-refractivity contribution in [3.63, 3.8) is 0 Å². The molecule has 0 radical (unpaired) electrons. The second-order valence-corrected chi connectivity index (χ2v) is 10.3. The molecule has 9 heteroatoms. The molecule has 1 amide bonds. The standard InChI is InChI=1S/C28H33N3O6/c1-4-5-11-24-29-28(14-6-7-15-28)25(32)30(24)18-19-12-13-22(23(16-19)31(35)36)20-9-8-10-21(17-20)37-27(2,3)26(33)34/h8-10,12-13,16-17H,4-7,11,14-15,18H2,1-3H3,(H,33,34). The summed E-state index contributed by atoms with van der Waals surface area (Å²) in [6.45, 7) is 5.21. The van der Waals surface area contributed by atoms with Gasteiger partial charge in [0.1, 0.15) is 17.1 Å². The first-order valence-corrected chi connectivity index (χ1v) is 12.8. The van der Waals surface area contributed by atoms with Gasteiger partial charge in [-0.2, -0.15) is 0 Å². The van der Waals surface area contributed by atoms with Gasteiger partial charge in [0.25, 0.3) is 11.6 Å². The number of benzene rings is 2. The van der Waals surface area contributed by atoms with E-state index in [4.69, 9.17) is 9.73 Å². The third-order valence-corrected chi connectivity index (χ3v) is 7.12. The second-order valence-electron chi connectivity index (χ2n) is 10.3. The summed E-state index contributed by atoms with van der Waals surface area (Å²) in [4.78, 5) is 43.1. The summed E-state index contributed by atoms with van der Waals surface area (Å²) in [7, 11) is 0. The summed E-state index contributed by atoms with van der Waals surface area (Å²) in [5, 5.41) is 21.4. The van der Waals surface area contributed by atoms with Gasteiger partial charge in [-0.15, -0.1) is 0 Å². The third kappa shape index (κ3) is 5.35. The topological polar surface area (TPSA) is 122 Å². The Kier molecular flexibility index (Phi) is 7.34. The lowest BCUT2D eigenvalue weighted by molar-refractivity contribution is -0.384. The quantitative estimate of drug-likeness (QED) is 0.323. The molecular weight excluding hydrogens is 474 g/mol. The molecule has 1 fully saturated rings. The fraction of sp³-hybridized carbons (Fsp3) is 0.464. The van der Waals surface area contributed by atoms with E-state index in [1.54, 1.807) is 41.3 Å². The molecular formula is C28H33N3O6. The number of amides is 1. The smallest absolute Gasteiger partial charge is 0.347 e. The Morgan fingerprint density at radius 2 is 1.95 bits per heavy atom.